The zero-order valence-electron chi connectivity index (χ0n) is 28.1. The van der Waals surface area contributed by atoms with Crippen LogP contribution in [-0.2, 0) is 42.8 Å². The quantitative estimate of drug-likeness (QED) is 0.157. The van der Waals surface area contributed by atoms with E-state index in [4.69, 9.17) is 24.3 Å². The topological polar surface area (TPSA) is 191 Å². The van der Waals surface area contributed by atoms with Crippen molar-refractivity contribution in [1.82, 2.24) is 19.6 Å². The highest BCUT2D eigenvalue weighted by Gasteiger charge is 2.49. The second-order valence-electron chi connectivity index (χ2n) is 10.8. The number of aromatic nitrogens is 4. The number of carbonyl (C=O) groups is 2. The van der Waals surface area contributed by atoms with Gasteiger partial charge < -0.3 is 33.2 Å². The maximum Gasteiger partial charge on any atom is 0.534 e. The molecule has 2 aromatic rings. The van der Waals surface area contributed by atoms with E-state index in [-0.39, 0.29) is 50.7 Å². The van der Waals surface area contributed by atoms with E-state index in [1.807, 2.05) is 31.5 Å². The molecule has 0 aromatic carbocycles. The number of rotatable bonds is 10. The van der Waals surface area contributed by atoms with Crippen LogP contribution in [0.2, 0.25) is 0 Å². The van der Waals surface area contributed by atoms with Crippen molar-refractivity contribution in [3.05, 3.63) is 47.1 Å². The van der Waals surface area contributed by atoms with E-state index >= 15 is 0 Å². The summed E-state index contributed by atoms with van der Waals surface area (Å²) in [6, 6.07) is 3.90. The molecule has 50 heavy (non-hydrogen) atoms. The maximum atomic E-state index is 12.2. The first-order chi connectivity index (χ1) is 23.0. The van der Waals surface area contributed by atoms with Crippen molar-refractivity contribution in [3.8, 4) is 0 Å². The van der Waals surface area contributed by atoms with Crippen LogP contribution in [0.1, 0.15) is 79.6 Å². The Bertz CT molecular complexity index is 1550. The van der Waals surface area contributed by atoms with Crippen molar-refractivity contribution < 1.29 is 64.4 Å². The first-order valence-electron chi connectivity index (χ1n) is 15.3. The molecular weight excluding hydrogens is 692 g/mol. The number of carbonyl (C=O) groups excluding carboxylic acids is 2. The fraction of sp³-hybridized carbons (Fsp3) is 0.600. The molecule has 20 heteroatoms. The highest BCUT2D eigenvalue weighted by molar-refractivity contribution is 7.87. The minimum absolute atomic E-state index is 0. The molecule has 2 aromatic heterocycles. The molecular formula is C30H46BF3N4O11S. The number of hydrogen-bond acceptors (Lipinski definition) is 13. The van der Waals surface area contributed by atoms with Crippen LogP contribution in [0.3, 0.4) is 0 Å². The zero-order chi connectivity index (χ0) is 36.9. The lowest BCUT2D eigenvalue weighted by molar-refractivity contribution is -0.140. The smallest absolute Gasteiger partial charge is 0.463 e. The molecule has 0 saturated carbocycles. The van der Waals surface area contributed by atoms with Crippen LogP contribution in [0.4, 0.5) is 13.2 Å². The van der Waals surface area contributed by atoms with Crippen molar-refractivity contribution in [2.45, 2.75) is 79.4 Å². The van der Waals surface area contributed by atoms with E-state index < -0.39 is 41.1 Å². The van der Waals surface area contributed by atoms with E-state index in [0.717, 1.165) is 16.8 Å². The Labute approximate surface area is 290 Å². The third-order valence-corrected chi connectivity index (χ3v) is 7.62. The molecule has 282 valence electrons. The third-order valence-electron chi connectivity index (χ3n) is 6.63. The van der Waals surface area contributed by atoms with E-state index in [9.17, 15) is 31.2 Å². The lowest BCUT2D eigenvalue weighted by Crippen LogP contribution is -2.37. The summed E-state index contributed by atoms with van der Waals surface area (Å²) in [6.07, 6.45) is 3.81. The Balaban J connectivity index is 0.000000385. The van der Waals surface area contributed by atoms with Gasteiger partial charge in [0.25, 0.3) is 0 Å². The van der Waals surface area contributed by atoms with E-state index in [2.05, 4.69) is 33.0 Å². The van der Waals surface area contributed by atoms with Gasteiger partial charge in [0.05, 0.1) is 49.9 Å². The Kier molecular flexibility index (Phi) is 17.9. The van der Waals surface area contributed by atoms with Crippen molar-refractivity contribution in [2.24, 2.45) is 0 Å². The normalized spacial score (nSPS) is 15.0. The first-order valence-corrected chi connectivity index (χ1v) is 16.7. The Morgan fingerprint density at radius 1 is 0.900 bits per heavy atom. The number of esters is 2. The Hall–Kier alpha value is -3.72. The highest BCUT2D eigenvalue weighted by Crippen LogP contribution is 2.30. The molecule has 2 aliphatic heterocycles. The fourth-order valence-electron chi connectivity index (χ4n) is 4.44. The molecule has 0 bridgehead atoms. The highest BCUT2D eigenvalue weighted by atomic mass is 32.2. The summed E-state index contributed by atoms with van der Waals surface area (Å²) in [5.41, 5.74) is -2.85. The molecule has 0 aliphatic carbocycles. The minimum Gasteiger partial charge on any atom is -0.463 e. The predicted octanol–water partition coefficient (Wildman–Crippen LogP) is 3.07. The van der Waals surface area contributed by atoms with Gasteiger partial charge in [-0.1, -0.05) is 7.43 Å². The first kappa shape index (κ1) is 44.3. The van der Waals surface area contributed by atoms with Crippen LogP contribution in [-0.4, -0.2) is 102 Å². The Morgan fingerprint density at radius 2 is 1.40 bits per heavy atom. The molecule has 0 saturated heterocycles. The van der Waals surface area contributed by atoms with E-state index in [1.165, 1.54) is 6.92 Å². The predicted molar refractivity (Wildman–Crippen MR) is 176 cm³/mol. The van der Waals surface area contributed by atoms with Crippen LogP contribution in [0.15, 0.2) is 41.4 Å². The molecule has 4 heterocycles. The van der Waals surface area contributed by atoms with Crippen molar-refractivity contribution in [2.75, 3.05) is 39.6 Å². The maximum absolute atomic E-state index is 12.2. The van der Waals surface area contributed by atoms with Gasteiger partial charge in [-0.2, -0.15) is 31.8 Å². The number of alkyl halides is 3. The van der Waals surface area contributed by atoms with Gasteiger partial charge in [-0.3, -0.25) is 9.36 Å². The van der Waals surface area contributed by atoms with Gasteiger partial charge in [-0.05, 0) is 53.7 Å². The summed E-state index contributed by atoms with van der Waals surface area (Å²) in [5, 5.41) is 25.9. The van der Waals surface area contributed by atoms with Gasteiger partial charge in [-0.15, -0.1) is 0 Å². The number of hydrogen-bond donors (Lipinski definition) is 2. The summed E-state index contributed by atoms with van der Waals surface area (Å²) in [7, 11) is -7.26. The van der Waals surface area contributed by atoms with Crippen LogP contribution < -0.4 is 5.59 Å². The lowest BCUT2D eigenvalue weighted by Gasteiger charge is -2.21. The molecule has 0 unspecified atom stereocenters. The number of ether oxygens (including phenoxy) is 4. The minimum atomic E-state index is -5.82. The van der Waals surface area contributed by atoms with Gasteiger partial charge in [0.15, 0.2) is 5.76 Å². The van der Waals surface area contributed by atoms with Gasteiger partial charge in [0.2, 0.25) is 0 Å². The molecule has 2 N–H and O–H groups in total. The monoisotopic (exact) mass is 738 g/mol. The van der Waals surface area contributed by atoms with Crippen LogP contribution in [0.5, 0.6) is 0 Å². The molecule has 0 fully saturated rings. The van der Waals surface area contributed by atoms with Crippen molar-refractivity contribution >= 4 is 40.3 Å². The summed E-state index contributed by atoms with van der Waals surface area (Å²) >= 11 is 0. The molecule has 0 atom stereocenters. The van der Waals surface area contributed by atoms with E-state index in [1.54, 1.807) is 23.1 Å². The molecule has 0 amide bonds. The fourth-order valence-corrected chi connectivity index (χ4v) is 4.95. The molecule has 0 spiro atoms. The average Bonchev–Trinajstić information content (AvgIpc) is 3.73. The van der Waals surface area contributed by atoms with Gasteiger partial charge in [-0.25, -0.2) is 9.59 Å². The Morgan fingerprint density at radius 3 is 1.90 bits per heavy atom. The summed E-state index contributed by atoms with van der Waals surface area (Å²) in [4.78, 5) is 23.5. The SMILES string of the molecule is C.CC(C)n1nccc1B(O)O.CCOC(=O)C1=C(OS(=O)(=O)C(F)(F)F)COCC1.CCOC(=O)C1=C(c2ccnn2C(C)C)COCC1. The molecule has 2 aliphatic rings. The summed E-state index contributed by atoms with van der Waals surface area (Å²) < 4.78 is 85.6. The standard InChI is InChI=1S/C14H20N2O3.C9H11F3O6S.C6H11BN2O2.CH4/c1-4-19-14(17)11-6-8-18-9-12(11)13-5-7-15-16(13)10(2)3;1-2-17-8(13)6-3-4-16-5-7(6)18-19(14,15)9(10,11)12;1-5(2)9-6(7(10)11)3-4-8-9;/h5,7,10H,4,6,8-9H2,1-3H3;2-5H2,1H3;3-5,10-11H,1-2H3;1H4. The third kappa shape index (κ3) is 12.3. The number of halogens is 3. The second-order valence-corrected chi connectivity index (χ2v) is 12.3. The van der Waals surface area contributed by atoms with Gasteiger partial charge in [0.1, 0.15) is 6.61 Å². The zero-order valence-corrected chi connectivity index (χ0v) is 28.9. The summed E-state index contributed by atoms with van der Waals surface area (Å²) in [5.74, 6) is -1.85. The van der Waals surface area contributed by atoms with Crippen LogP contribution in [0.25, 0.3) is 5.57 Å². The summed E-state index contributed by atoms with van der Waals surface area (Å²) in [6.45, 7) is 12.2. The molecule has 0 radical (unpaired) electrons. The van der Waals surface area contributed by atoms with Crippen LogP contribution >= 0.6 is 0 Å². The van der Waals surface area contributed by atoms with Crippen molar-refractivity contribution in [3.63, 3.8) is 0 Å². The lowest BCUT2D eigenvalue weighted by atomic mass is 9.86. The average molecular weight is 739 g/mol. The largest absolute Gasteiger partial charge is 0.534 e. The van der Waals surface area contributed by atoms with Gasteiger partial charge in [0, 0.05) is 48.5 Å². The second kappa shape index (κ2) is 20.2. The van der Waals surface area contributed by atoms with Crippen LogP contribution in [0, 0.1) is 0 Å². The van der Waals surface area contributed by atoms with Crippen molar-refractivity contribution in [1.29, 1.82) is 0 Å². The number of nitrogens with zero attached hydrogens (tertiary/aromatic N) is 4. The van der Waals surface area contributed by atoms with Gasteiger partial charge >= 0.3 is 34.7 Å². The molecule has 4 rings (SSSR count). The molecule has 15 nitrogen and oxygen atoms in total. The van der Waals surface area contributed by atoms with E-state index in [0.29, 0.717) is 31.8 Å².